The van der Waals surface area contributed by atoms with Gasteiger partial charge in [-0.05, 0) is 36.8 Å². The fourth-order valence-electron chi connectivity index (χ4n) is 2.36. The summed E-state index contributed by atoms with van der Waals surface area (Å²) in [7, 11) is 0. The van der Waals surface area contributed by atoms with Crippen LogP contribution in [0.2, 0.25) is 0 Å². The Morgan fingerprint density at radius 1 is 1.65 bits per heavy atom. The van der Waals surface area contributed by atoms with Gasteiger partial charge < -0.3 is 0 Å². The van der Waals surface area contributed by atoms with Crippen molar-refractivity contribution in [2.24, 2.45) is 5.92 Å². The molecule has 1 aromatic heterocycles. The first kappa shape index (κ1) is 12.8. The topological polar surface area (TPSA) is 20.3 Å². The second-order valence-electron chi connectivity index (χ2n) is 4.97. The van der Waals surface area contributed by atoms with Gasteiger partial charge in [0.2, 0.25) is 0 Å². The zero-order valence-electron chi connectivity index (χ0n) is 10.9. The van der Waals surface area contributed by atoms with Gasteiger partial charge in [0.15, 0.2) is 0 Å². The molecular weight excluding hydrogens is 230 g/mol. The average molecular weight is 251 g/mol. The van der Waals surface area contributed by atoms with E-state index in [-0.39, 0.29) is 5.92 Å². The molecule has 0 aliphatic carbocycles. The van der Waals surface area contributed by atoms with Gasteiger partial charge in [-0.15, -0.1) is 11.3 Å². The standard InChI is InChI=1S/C14H21NOS/c1-4-10(2)13(16)9-15-7-5-14-12(11(15)3)6-8-17-14/h6,8,10-11H,4-5,7,9H2,1-3H3. The van der Waals surface area contributed by atoms with Gasteiger partial charge in [-0.2, -0.15) is 0 Å². The lowest BCUT2D eigenvalue weighted by molar-refractivity contribution is -0.124. The predicted molar refractivity (Wildman–Crippen MR) is 72.5 cm³/mol. The molecule has 1 aromatic rings. The number of thiophene rings is 1. The molecule has 0 saturated heterocycles. The van der Waals surface area contributed by atoms with Gasteiger partial charge in [0.1, 0.15) is 5.78 Å². The van der Waals surface area contributed by atoms with E-state index in [1.807, 2.05) is 18.3 Å². The summed E-state index contributed by atoms with van der Waals surface area (Å²) in [6.45, 7) is 7.98. The Labute approximate surface area is 108 Å². The van der Waals surface area contributed by atoms with Gasteiger partial charge in [0, 0.05) is 23.4 Å². The molecule has 2 heterocycles. The molecule has 3 heteroatoms. The number of carbonyl (C=O) groups is 1. The number of carbonyl (C=O) groups excluding carboxylic acids is 1. The minimum Gasteiger partial charge on any atom is -0.298 e. The van der Waals surface area contributed by atoms with Crippen molar-refractivity contribution in [1.82, 2.24) is 4.90 Å². The lowest BCUT2D eigenvalue weighted by Gasteiger charge is -2.33. The lowest BCUT2D eigenvalue weighted by atomic mass is 9.98. The number of nitrogens with zero attached hydrogens (tertiary/aromatic N) is 1. The van der Waals surface area contributed by atoms with E-state index in [1.54, 1.807) is 0 Å². The van der Waals surface area contributed by atoms with Gasteiger partial charge in [-0.1, -0.05) is 13.8 Å². The van der Waals surface area contributed by atoms with Crippen LogP contribution in [0.25, 0.3) is 0 Å². The van der Waals surface area contributed by atoms with Gasteiger partial charge in [-0.25, -0.2) is 0 Å². The van der Waals surface area contributed by atoms with E-state index in [2.05, 4.69) is 30.2 Å². The summed E-state index contributed by atoms with van der Waals surface area (Å²) in [6.07, 6.45) is 2.05. The highest BCUT2D eigenvalue weighted by Gasteiger charge is 2.26. The van der Waals surface area contributed by atoms with Gasteiger partial charge >= 0.3 is 0 Å². The number of rotatable bonds is 4. The predicted octanol–water partition coefficient (Wildman–Crippen LogP) is 3.28. The highest BCUT2D eigenvalue weighted by atomic mass is 32.1. The van der Waals surface area contributed by atoms with Crippen LogP contribution in [-0.2, 0) is 11.2 Å². The highest BCUT2D eigenvalue weighted by molar-refractivity contribution is 7.10. The molecule has 0 spiro atoms. The summed E-state index contributed by atoms with van der Waals surface area (Å²) in [6, 6.07) is 2.61. The van der Waals surface area contributed by atoms with E-state index >= 15 is 0 Å². The van der Waals surface area contributed by atoms with Crippen molar-refractivity contribution in [3.8, 4) is 0 Å². The Morgan fingerprint density at radius 3 is 3.12 bits per heavy atom. The summed E-state index contributed by atoms with van der Waals surface area (Å²) >= 11 is 1.85. The van der Waals surface area contributed by atoms with Crippen molar-refractivity contribution >= 4 is 17.1 Å². The second-order valence-corrected chi connectivity index (χ2v) is 5.97. The zero-order chi connectivity index (χ0) is 12.4. The molecule has 0 amide bonds. The molecule has 2 rings (SSSR count). The van der Waals surface area contributed by atoms with E-state index in [1.165, 1.54) is 10.4 Å². The van der Waals surface area contributed by atoms with Crippen molar-refractivity contribution in [3.63, 3.8) is 0 Å². The van der Waals surface area contributed by atoms with Gasteiger partial charge in [0.05, 0.1) is 6.54 Å². The first-order chi connectivity index (χ1) is 8.13. The van der Waals surface area contributed by atoms with Crippen LogP contribution in [0.4, 0.5) is 0 Å². The molecule has 1 aliphatic heterocycles. The van der Waals surface area contributed by atoms with Crippen molar-refractivity contribution in [1.29, 1.82) is 0 Å². The van der Waals surface area contributed by atoms with E-state index in [4.69, 9.17) is 0 Å². The molecule has 2 nitrogen and oxygen atoms in total. The van der Waals surface area contributed by atoms with Crippen LogP contribution in [-0.4, -0.2) is 23.8 Å². The summed E-state index contributed by atoms with van der Waals surface area (Å²) in [4.78, 5) is 15.8. The summed E-state index contributed by atoms with van der Waals surface area (Å²) < 4.78 is 0. The summed E-state index contributed by atoms with van der Waals surface area (Å²) in [5, 5.41) is 2.17. The first-order valence-electron chi connectivity index (χ1n) is 6.46. The normalized spacial score (nSPS) is 22.2. The third-order valence-corrected chi connectivity index (χ3v) is 4.92. The van der Waals surface area contributed by atoms with Gasteiger partial charge in [-0.3, -0.25) is 9.69 Å². The van der Waals surface area contributed by atoms with Crippen molar-refractivity contribution in [2.45, 2.75) is 39.7 Å². The van der Waals surface area contributed by atoms with Crippen LogP contribution in [0.1, 0.15) is 43.7 Å². The van der Waals surface area contributed by atoms with E-state index in [0.29, 0.717) is 18.4 Å². The van der Waals surface area contributed by atoms with Gasteiger partial charge in [0.25, 0.3) is 0 Å². The van der Waals surface area contributed by atoms with Crippen LogP contribution in [0, 0.1) is 5.92 Å². The molecule has 0 saturated carbocycles. The smallest absolute Gasteiger partial charge is 0.149 e. The van der Waals surface area contributed by atoms with Crippen LogP contribution in [0.3, 0.4) is 0 Å². The van der Waals surface area contributed by atoms with Crippen LogP contribution < -0.4 is 0 Å². The van der Waals surface area contributed by atoms with E-state index in [0.717, 1.165) is 19.4 Å². The fourth-order valence-corrected chi connectivity index (χ4v) is 3.32. The third-order valence-electron chi connectivity index (χ3n) is 3.92. The first-order valence-corrected chi connectivity index (χ1v) is 7.34. The molecule has 0 aromatic carbocycles. The van der Waals surface area contributed by atoms with Crippen LogP contribution >= 0.6 is 11.3 Å². The van der Waals surface area contributed by atoms with Crippen molar-refractivity contribution < 1.29 is 4.79 Å². The Kier molecular flexibility index (Phi) is 4.00. The van der Waals surface area contributed by atoms with Crippen molar-refractivity contribution in [2.75, 3.05) is 13.1 Å². The second kappa shape index (κ2) is 5.32. The molecule has 0 radical (unpaired) electrons. The number of hydrogen-bond acceptors (Lipinski definition) is 3. The Bertz CT molecular complexity index is 399. The quantitative estimate of drug-likeness (QED) is 0.818. The highest BCUT2D eigenvalue weighted by Crippen LogP contribution is 2.32. The largest absolute Gasteiger partial charge is 0.298 e. The molecule has 0 N–H and O–H groups in total. The fraction of sp³-hybridized carbons (Fsp3) is 0.643. The zero-order valence-corrected chi connectivity index (χ0v) is 11.7. The van der Waals surface area contributed by atoms with E-state index in [9.17, 15) is 4.79 Å². The number of hydrogen-bond donors (Lipinski definition) is 0. The SMILES string of the molecule is CCC(C)C(=O)CN1CCc2sccc2C1C. The maximum Gasteiger partial charge on any atom is 0.149 e. The number of fused-ring (bicyclic) bond motifs is 1. The minimum absolute atomic E-state index is 0.200. The third kappa shape index (κ3) is 2.61. The van der Waals surface area contributed by atoms with Crippen LogP contribution in [0.5, 0.6) is 0 Å². The molecule has 1 aliphatic rings. The molecule has 94 valence electrons. The Morgan fingerprint density at radius 2 is 2.41 bits per heavy atom. The van der Waals surface area contributed by atoms with E-state index < -0.39 is 0 Å². The molecular formula is C14H21NOS. The number of Topliss-reactive ketones (excluding diaryl/α,β-unsaturated/α-hetero) is 1. The van der Waals surface area contributed by atoms with Crippen molar-refractivity contribution in [3.05, 3.63) is 21.9 Å². The monoisotopic (exact) mass is 251 g/mol. The molecule has 17 heavy (non-hydrogen) atoms. The molecule has 2 unspecified atom stereocenters. The average Bonchev–Trinajstić information content (AvgIpc) is 2.80. The maximum absolute atomic E-state index is 12.0. The lowest BCUT2D eigenvalue weighted by Crippen LogP contribution is -2.38. The Balaban J connectivity index is 2.03. The van der Waals surface area contributed by atoms with Crippen LogP contribution in [0.15, 0.2) is 11.4 Å². The molecule has 0 bridgehead atoms. The maximum atomic E-state index is 12.0. The summed E-state index contributed by atoms with van der Waals surface area (Å²) in [5.41, 5.74) is 1.43. The number of ketones is 1. The summed E-state index contributed by atoms with van der Waals surface area (Å²) in [5.74, 6) is 0.587. The molecule has 2 atom stereocenters. The molecule has 0 fully saturated rings. The Hall–Kier alpha value is -0.670. The minimum atomic E-state index is 0.200.